The Hall–Kier alpha value is -1.56. The molecular weight excluding hydrogens is 210 g/mol. The minimum Gasteiger partial charge on any atom is -0.356 e. The maximum atomic E-state index is 9.24. The quantitative estimate of drug-likeness (QED) is 0.743. The van der Waals surface area contributed by atoms with Crippen LogP contribution in [0.15, 0.2) is 12.3 Å². The first-order valence-electron chi connectivity index (χ1n) is 6.33. The molecule has 1 aliphatic rings. The second kappa shape index (κ2) is 5.18. The average Bonchev–Trinajstić information content (AvgIpc) is 2.54. The molecule has 1 aromatic rings. The first kappa shape index (κ1) is 11.9. The standard InChI is InChI=1S/C14H19N3/c1-11-4-3-8-17(9-6-11)14-13(10-15)12(2)5-7-16-14/h5,7,11H,3-4,6,8-9H2,1-2H3. The molecule has 1 aliphatic heterocycles. The highest BCUT2D eigenvalue weighted by atomic mass is 15.2. The lowest BCUT2D eigenvalue weighted by Crippen LogP contribution is -2.26. The van der Waals surface area contributed by atoms with E-state index >= 15 is 0 Å². The maximum absolute atomic E-state index is 9.24. The van der Waals surface area contributed by atoms with Gasteiger partial charge in [0.1, 0.15) is 11.9 Å². The average molecular weight is 229 g/mol. The minimum atomic E-state index is 0.738. The van der Waals surface area contributed by atoms with Gasteiger partial charge in [-0.15, -0.1) is 0 Å². The van der Waals surface area contributed by atoms with Crippen LogP contribution in [0.2, 0.25) is 0 Å². The van der Waals surface area contributed by atoms with Gasteiger partial charge in [0.05, 0.1) is 5.56 Å². The highest BCUT2D eigenvalue weighted by molar-refractivity contribution is 5.57. The van der Waals surface area contributed by atoms with Gasteiger partial charge in [-0.3, -0.25) is 0 Å². The molecule has 3 heteroatoms. The van der Waals surface area contributed by atoms with E-state index in [0.717, 1.165) is 36.0 Å². The van der Waals surface area contributed by atoms with E-state index in [0.29, 0.717) is 0 Å². The Morgan fingerprint density at radius 2 is 2.24 bits per heavy atom. The predicted octanol–water partition coefficient (Wildman–Crippen LogP) is 2.89. The van der Waals surface area contributed by atoms with Gasteiger partial charge < -0.3 is 4.90 Å². The molecule has 0 radical (unpaired) electrons. The first-order valence-corrected chi connectivity index (χ1v) is 6.33. The molecule has 1 saturated heterocycles. The number of hydrogen-bond donors (Lipinski definition) is 0. The Labute approximate surface area is 103 Å². The highest BCUT2D eigenvalue weighted by Gasteiger charge is 2.18. The fourth-order valence-electron chi connectivity index (χ4n) is 2.40. The Bertz CT molecular complexity index is 434. The van der Waals surface area contributed by atoms with Crippen molar-refractivity contribution in [3.63, 3.8) is 0 Å². The van der Waals surface area contributed by atoms with Crippen LogP contribution in [-0.2, 0) is 0 Å². The number of nitriles is 1. The number of anilines is 1. The topological polar surface area (TPSA) is 39.9 Å². The van der Waals surface area contributed by atoms with E-state index < -0.39 is 0 Å². The predicted molar refractivity (Wildman–Crippen MR) is 68.9 cm³/mol. The van der Waals surface area contributed by atoms with Crippen molar-refractivity contribution in [3.8, 4) is 6.07 Å². The van der Waals surface area contributed by atoms with Crippen molar-refractivity contribution in [1.29, 1.82) is 5.26 Å². The molecule has 0 aliphatic carbocycles. The van der Waals surface area contributed by atoms with Crippen LogP contribution in [0.3, 0.4) is 0 Å². The third-order valence-corrected chi connectivity index (χ3v) is 3.57. The van der Waals surface area contributed by atoms with E-state index in [2.05, 4.69) is 22.9 Å². The van der Waals surface area contributed by atoms with Crippen molar-refractivity contribution >= 4 is 5.82 Å². The van der Waals surface area contributed by atoms with Crippen LogP contribution in [-0.4, -0.2) is 18.1 Å². The molecule has 90 valence electrons. The second-order valence-corrected chi connectivity index (χ2v) is 4.96. The summed E-state index contributed by atoms with van der Waals surface area (Å²) in [5, 5.41) is 9.24. The zero-order chi connectivity index (χ0) is 12.3. The van der Waals surface area contributed by atoms with Gasteiger partial charge in [-0.1, -0.05) is 6.92 Å². The van der Waals surface area contributed by atoms with Crippen LogP contribution in [0.4, 0.5) is 5.82 Å². The maximum Gasteiger partial charge on any atom is 0.146 e. The van der Waals surface area contributed by atoms with Crippen LogP contribution in [0.5, 0.6) is 0 Å². The van der Waals surface area contributed by atoms with Crippen LogP contribution in [0.1, 0.15) is 37.3 Å². The smallest absolute Gasteiger partial charge is 0.146 e. The zero-order valence-electron chi connectivity index (χ0n) is 10.6. The van der Waals surface area contributed by atoms with Gasteiger partial charge in [-0.05, 0) is 43.7 Å². The van der Waals surface area contributed by atoms with Crippen LogP contribution in [0.25, 0.3) is 0 Å². The van der Waals surface area contributed by atoms with Gasteiger partial charge in [-0.25, -0.2) is 4.98 Å². The summed E-state index contributed by atoms with van der Waals surface area (Å²) < 4.78 is 0. The van der Waals surface area contributed by atoms with E-state index in [1.165, 1.54) is 19.3 Å². The van der Waals surface area contributed by atoms with Gasteiger partial charge in [0.15, 0.2) is 0 Å². The molecule has 0 bridgehead atoms. The minimum absolute atomic E-state index is 0.738. The van der Waals surface area contributed by atoms with Crippen molar-refractivity contribution in [2.24, 2.45) is 5.92 Å². The van der Waals surface area contributed by atoms with Crippen molar-refractivity contribution in [3.05, 3.63) is 23.4 Å². The van der Waals surface area contributed by atoms with Crippen LogP contribution < -0.4 is 4.90 Å². The summed E-state index contributed by atoms with van der Waals surface area (Å²) >= 11 is 0. The molecule has 1 fully saturated rings. The lowest BCUT2D eigenvalue weighted by Gasteiger charge is -2.23. The summed E-state index contributed by atoms with van der Waals surface area (Å²) in [6.45, 7) is 6.32. The molecule has 3 nitrogen and oxygen atoms in total. The number of pyridine rings is 1. The molecule has 1 atom stereocenters. The molecule has 0 N–H and O–H groups in total. The van der Waals surface area contributed by atoms with E-state index in [1.807, 2.05) is 13.0 Å². The Morgan fingerprint density at radius 3 is 3.00 bits per heavy atom. The summed E-state index contributed by atoms with van der Waals surface area (Å²) in [7, 11) is 0. The molecule has 1 unspecified atom stereocenters. The largest absolute Gasteiger partial charge is 0.356 e. The molecule has 2 heterocycles. The van der Waals surface area contributed by atoms with Crippen molar-refractivity contribution in [2.75, 3.05) is 18.0 Å². The molecule has 0 saturated carbocycles. The summed E-state index contributed by atoms with van der Waals surface area (Å²) in [4.78, 5) is 6.68. The number of nitrogens with zero attached hydrogens (tertiary/aromatic N) is 3. The van der Waals surface area contributed by atoms with Crippen molar-refractivity contribution < 1.29 is 0 Å². The summed E-state index contributed by atoms with van der Waals surface area (Å²) in [5.41, 5.74) is 1.76. The van der Waals surface area contributed by atoms with Gasteiger partial charge in [0.2, 0.25) is 0 Å². The van der Waals surface area contributed by atoms with E-state index in [9.17, 15) is 5.26 Å². The van der Waals surface area contributed by atoms with Crippen molar-refractivity contribution in [1.82, 2.24) is 4.98 Å². The molecular formula is C14H19N3. The summed E-state index contributed by atoms with van der Waals surface area (Å²) in [5.74, 6) is 1.66. The molecule has 0 amide bonds. The SMILES string of the molecule is Cc1ccnc(N2CCCC(C)CC2)c1C#N. The van der Waals surface area contributed by atoms with Gasteiger partial charge in [0, 0.05) is 19.3 Å². The zero-order valence-corrected chi connectivity index (χ0v) is 10.6. The summed E-state index contributed by atoms with van der Waals surface area (Å²) in [6.07, 6.45) is 5.48. The van der Waals surface area contributed by atoms with Crippen LogP contribution in [0, 0.1) is 24.2 Å². The monoisotopic (exact) mass is 229 g/mol. The number of aryl methyl sites for hydroxylation is 1. The Morgan fingerprint density at radius 1 is 1.41 bits per heavy atom. The van der Waals surface area contributed by atoms with E-state index in [-0.39, 0.29) is 0 Å². The molecule has 0 aromatic carbocycles. The molecule has 0 spiro atoms. The normalized spacial score (nSPS) is 20.8. The molecule has 1 aromatic heterocycles. The fraction of sp³-hybridized carbons (Fsp3) is 0.571. The van der Waals surface area contributed by atoms with Gasteiger partial charge in [-0.2, -0.15) is 5.26 Å². The second-order valence-electron chi connectivity index (χ2n) is 4.96. The number of aromatic nitrogens is 1. The highest BCUT2D eigenvalue weighted by Crippen LogP contribution is 2.24. The number of hydrogen-bond acceptors (Lipinski definition) is 3. The first-order chi connectivity index (χ1) is 8.22. The van der Waals surface area contributed by atoms with Crippen molar-refractivity contribution in [2.45, 2.75) is 33.1 Å². The fourth-order valence-corrected chi connectivity index (χ4v) is 2.40. The van der Waals surface area contributed by atoms with Gasteiger partial charge >= 0.3 is 0 Å². The Kier molecular flexibility index (Phi) is 3.63. The third-order valence-electron chi connectivity index (χ3n) is 3.57. The lowest BCUT2D eigenvalue weighted by atomic mass is 10.0. The summed E-state index contributed by atoms with van der Waals surface area (Å²) in [6, 6.07) is 4.19. The molecule has 17 heavy (non-hydrogen) atoms. The number of rotatable bonds is 1. The molecule has 2 rings (SSSR count). The van der Waals surface area contributed by atoms with E-state index in [4.69, 9.17) is 0 Å². The third kappa shape index (κ3) is 2.58. The van der Waals surface area contributed by atoms with E-state index in [1.54, 1.807) is 6.20 Å². The van der Waals surface area contributed by atoms with Gasteiger partial charge in [0.25, 0.3) is 0 Å². The van der Waals surface area contributed by atoms with Crippen LogP contribution >= 0.6 is 0 Å². The lowest BCUT2D eigenvalue weighted by molar-refractivity contribution is 0.521. The Balaban J connectivity index is 2.28.